The molecule has 0 aliphatic heterocycles. The van der Waals surface area contributed by atoms with Crippen molar-refractivity contribution in [2.75, 3.05) is 0 Å². The van der Waals surface area contributed by atoms with Crippen LogP contribution in [0.4, 0.5) is 0 Å². The molecule has 3 nitrogen and oxygen atoms in total. The van der Waals surface area contributed by atoms with Gasteiger partial charge in [0.05, 0.1) is 6.42 Å². The lowest BCUT2D eigenvalue weighted by molar-refractivity contribution is -0.720. The zero-order chi connectivity index (χ0) is 9.68. The predicted molar refractivity (Wildman–Crippen MR) is 48.2 cm³/mol. The van der Waals surface area contributed by atoms with Crippen molar-refractivity contribution in [1.29, 1.82) is 0 Å². The lowest BCUT2D eigenvalue weighted by atomic mass is 10.2. The van der Waals surface area contributed by atoms with Gasteiger partial charge in [-0.05, 0) is 6.92 Å². The maximum Gasteiger partial charge on any atom is 0.303 e. The van der Waals surface area contributed by atoms with Crippen molar-refractivity contribution in [3.05, 3.63) is 30.6 Å². The SMILES string of the molecule is CC(CCC(=O)O)[n+]1ccccc1. The Bertz CT molecular complexity index is 272. The molecule has 0 saturated carbocycles. The number of pyridine rings is 1. The molecule has 0 spiro atoms. The summed E-state index contributed by atoms with van der Waals surface area (Å²) < 4.78 is 2.02. The maximum atomic E-state index is 10.3. The van der Waals surface area contributed by atoms with Gasteiger partial charge in [0.2, 0.25) is 0 Å². The van der Waals surface area contributed by atoms with Gasteiger partial charge in [-0.25, -0.2) is 4.57 Å². The van der Waals surface area contributed by atoms with E-state index in [-0.39, 0.29) is 12.5 Å². The number of carbonyl (C=O) groups is 1. The highest BCUT2D eigenvalue weighted by atomic mass is 16.4. The summed E-state index contributed by atoms with van der Waals surface area (Å²) in [6.45, 7) is 2.02. The Hall–Kier alpha value is -1.38. The van der Waals surface area contributed by atoms with Gasteiger partial charge in [-0.1, -0.05) is 6.07 Å². The zero-order valence-corrected chi connectivity index (χ0v) is 7.68. The zero-order valence-electron chi connectivity index (χ0n) is 7.68. The number of rotatable bonds is 4. The molecule has 70 valence electrons. The first-order chi connectivity index (χ1) is 6.20. The van der Waals surface area contributed by atoms with Crippen LogP contribution in [0.25, 0.3) is 0 Å². The van der Waals surface area contributed by atoms with Crippen LogP contribution in [0, 0.1) is 0 Å². The van der Waals surface area contributed by atoms with Gasteiger partial charge in [0.15, 0.2) is 18.4 Å². The molecule has 0 radical (unpaired) electrons. The van der Waals surface area contributed by atoms with Crippen molar-refractivity contribution < 1.29 is 14.5 Å². The molecular formula is C10H14NO2+. The molecule has 1 atom stereocenters. The van der Waals surface area contributed by atoms with Crippen LogP contribution in [0.5, 0.6) is 0 Å². The minimum atomic E-state index is -0.733. The number of hydrogen-bond donors (Lipinski definition) is 1. The second-order valence-corrected chi connectivity index (χ2v) is 3.10. The second-order valence-electron chi connectivity index (χ2n) is 3.10. The summed E-state index contributed by atoms with van der Waals surface area (Å²) in [4.78, 5) is 10.3. The molecule has 0 bridgehead atoms. The van der Waals surface area contributed by atoms with Gasteiger partial charge in [-0.2, -0.15) is 0 Å². The Morgan fingerprint density at radius 1 is 1.38 bits per heavy atom. The molecule has 0 amide bonds. The van der Waals surface area contributed by atoms with Crippen LogP contribution in [0.3, 0.4) is 0 Å². The fraction of sp³-hybridized carbons (Fsp3) is 0.400. The minimum Gasteiger partial charge on any atom is -0.481 e. The van der Waals surface area contributed by atoms with Crippen molar-refractivity contribution in [3.8, 4) is 0 Å². The average Bonchev–Trinajstić information content (AvgIpc) is 2.15. The fourth-order valence-electron chi connectivity index (χ4n) is 1.19. The molecular weight excluding hydrogens is 166 g/mol. The Labute approximate surface area is 77.6 Å². The van der Waals surface area contributed by atoms with Gasteiger partial charge in [0.1, 0.15) is 0 Å². The molecule has 1 aromatic rings. The lowest BCUT2D eigenvalue weighted by Crippen LogP contribution is -2.36. The molecule has 1 N–H and O–H groups in total. The number of aliphatic carboxylic acids is 1. The molecule has 1 heterocycles. The van der Waals surface area contributed by atoms with Crippen LogP contribution in [0.15, 0.2) is 30.6 Å². The van der Waals surface area contributed by atoms with E-state index in [1.54, 1.807) is 0 Å². The van der Waals surface area contributed by atoms with Gasteiger partial charge in [-0.15, -0.1) is 0 Å². The van der Waals surface area contributed by atoms with Gasteiger partial charge < -0.3 is 5.11 Å². The smallest absolute Gasteiger partial charge is 0.303 e. The molecule has 0 fully saturated rings. The maximum absolute atomic E-state index is 10.3. The normalized spacial score (nSPS) is 12.4. The van der Waals surface area contributed by atoms with E-state index in [1.807, 2.05) is 42.1 Å². The van der Waals surface area contributed by atoms with E-state index in [0.29, 0.717) is 6.42 Å². The van der Waals surface area contributed by atoms with Crippen molar-refractivity contribution in [3.63, 3.8) is 0 Å². The van der Waals surface area contributed by atoms with Crippen LogP contribution in [-0.2, 0) is 4.79 Å². The van der Waals surface area contributed by atoms with Crippen LogP contribution in [0.1, 0.15) is 25.8 Å². The molecule has 0 saturated heterocycles. The third kappa shape index (κ3) is 3.23. The van der Waals surface area contributed by atoms with Crippen LogP contribution in [0.2, 0.25) is 0 Å². The number of carboxylic acid groups (broad SMARTS) is 1. The Balaban J connectivity index is 2.49. The number of carboxylic acids is 1. The van der Waals surface area contributed by atoms with Gasteiger partial charge in [0, 0.05) is 18.6 Å². The largest absolute Gasteiger partial charge is 0.481 e. The number of hydrogen-bond acceptors (Lipinski definition) is 1. The number of nitrogens with zero attached hydrogens (tertiary/aromatic N) is 1. The standard InChI is InChI=1S/C10H13NO2/c1-9(5-6-10(12)13)11-7-3-2-4-8-11/h2-4,7-9H,5-6H2,1H3/p+1. The second kappa shape index (κ2) is 4.60. The Kier molecular flexibility index (Phi) is 3.43. The first kappa shape index (κ1) is 9.71. The molecule has 0 aliphatic rings. The van der Waals surface area contributed by atoms with E-state index in [9.17, 15) is 4.79 Å². The Morgan fingerprint density at radius 2 is 2.00 bits per heavy atom. The van der Waals surface area contributed by atoms with E-state index in [1.165, 1.54) is 0 Å². The first-order valence-corrected chi connectivity index (χ1v) is 4.37. The van der Waals surface area contributed by atoms with Gasteiger partial charge >= 0.3 is 5.97 Å². The van der Waals surface area contributed by atoms with Gasteiger partial charge in [0.25, 0.3) is 0 Å². The minimum absolute atomic E-state index is 0.225. The lowest BCUT2D eigenvalue weighted by Gasteiger charge is -2.03. The number of aromatic nitrogens is 1. The quantitative estimate of drug-likeness (QED) is 0.711. The molecule has 1 rings (SSSR count). The molecule has 3 heteroatoms. The van der Waals surface area contributed by atoms with E-state index in [0.717, 1.165) is 0 Å². The van der Waals surface area contributed by atoms with E-state index < -0.39 is 5.97 Å². The van der Waals surface area contributed by atoms with Crippen molar-refractivity contribution in [2.45, 2.75) is 25.8 Å². The van der Waals surface area contributed by atoms with Crippen LogP contribution in [-0.4, -0.2) is 11.1 Å². The third-order valence-corrected chi connectivity index (χ3v) is 2.02. The highest BCUT2D eigenvalue weighted by Crippen LogP contribution is 2.04. The Morgan fingerprint density at radius 3 is 2.54 bits per heavy atom. The summed E-state index contributed by atoms with van der Waals surface area (Å²) in [5.41, 5.74) is 0. The molecule has 1 unspecified atom stereocenters. The van der Waals surface area contributed by atoms with Crippen LogP contribution < -0.4 is 4.57 Å². The summed E-state index contributed by atoms with van der Waals surface area (Å²) in [5, 5.41) is 8.50. The van der Waals surface area contributed by atoms with E-state index in [2.05, 4.69) is 0 Å². The third-order valence-electron chi connectivity index (χ3n) is 2.02. The predicted octanol–water partition coefficient (Wildman–Crippen LogP) is 1.40. The molecule has 13 heavy (non-hydrogen) atoms. The van der Waals surface area contributed by atoms with Crippen molar-refractivity contribution in [2.24, 2.45) is 0 Å². The summed E-state index contributed by atoms with van der Waals surface area (Å²) in [6, 6.07) is 6.08. The highest BCUT2D eigenvalue weighted by Gasteiger charge is 2.12. The van der Waals surface area contributed by atoms with Crippen LogP contribution >= 0.6 is 0 Å². The summed E-state index contributed by atoms with van der Waals surface area (Å²) in [5.74, 6) is -0.733. The fourth-order valence-corrected chi connectivity index (χ4v) is 1.19. The summed E-state index contributed by atoms with van der Waals surface area (Å²) >= 11 is 0. The van der Waals surface area contributed by atoms with E-state index in [4.69, 9.17) is 5.11 Å². The molecule has 0 aliphatic carbocycles. The molecule has 1 aromatic heterocycles. The van der Waals surface area contributed by atoms with Crippen molar-refractivity contribution in [1.82, 2.24) is 0 Å². The first-order valence-electron chi connectivity index (χ1n) is 4.37. The molecule has 0 aromatic carbocycles. The highest BCUT2D eigenvalue weighted by molar-refractivity contribution is 5.66. The van der Waals surface area contributed by atoms with Crippen molar-refractivity contribution >= 4 is 5.97 Å². The van der Waals surface area contributed by atoms with E-state index >= 15 is 0 Å². The summed E-state index contributed by atoms with van der Waals surface area (Å²) in [7, 11) is 0. The average molecular weight is 180 g/mol. The summed E-state index contributed by atoms with van der Waals surface area (Å²) in [6.07, 6.45) is 4.80. The van der Waals surface area contributed by atoms with Gasteiger partial charge in [-0.3, -0.25) is 4.79 Å². The monoisotopic (exact) mass is 180 g/mol. The topological polar surface area (TPSA) is 41.2 Å².